The molecule has 2 unspecified atom stereocenters. The van der Waals surface area contributed by atoms with E-state index in [1.807, 2.05) is 0 Å². The number of carbonyl (C=O) groups is 2. The second-order valence-electron chi connectivity index (χ2n) is 4.72. The maximum absolute atomic E-state index is 13.2. The molecule has 0 aromatic heterocycles. The van der Waals surface area contributed by atoms with Gasteiger partial charge < -0.3 is 15.3 Å². The van der Waals surface area contributed by atoms with Gasteiger partial charge in [0.1, 0.15) is 5.82 Å². The van der Waals surface area contributed by atoms with Gasteiger partial charge in [0.25, 0.3) is 0 Å². The van der Waals surface area contributed by atoms with E-state index in [0.29, 0.717) is 23.1 Å². The number of aliphatic carboxylic acids is 1. The third kappa shape index (κ3) is 2.92. The van der Waals surface area contributed by atoms with Crippen molar-refractivity contribution in [2.75, 3.05) is 11.9 Å². The van der Waals surface area contributed by atoms with Crippen LogP contribution in [0.15, 0.2) is 22.7 Å². The molecule has 5 nitrogen and oxygen atoms in total. The minimum absolute atomic E-state index is 0.320. The van der Waals surface area contributed by atoms with Crippen molar-refractivity contribution >= 4 is 33.6 Å². The highest BCUT2D eigenvalue weighted by Crippen LogP contribution is 2.27. The van der Waals surface area contributed by atoms with Crippen LogP contribution in [0.25, 0.3) is 0 Å². The van der Waals surface area contributed by atoms with Crippen molar-refractivity contribution in [2.45, 2.75) is 19.4 Å². The van der Waals surface area contributed by atoms with Gasteiger partial charge in [-0.15, -0.1) is 0 Å². The molecule has 2 amide bonds. The van der Waals surface area contributed by atoms with Crippen LogP contribution in [0, 0.1) is 11.7 Å². The molecule has 0 radical (unpaired) electrons. The number of rotatable bonds is 2. The zero-order valence-corrected chi connectivity index (χ0v) is 12.4. The molecule has 0 spiro atoms. The Balaban J connectivity index is 2.09. The molecule has 2 N–H and O–H groups in total. The first-order valence-corrected chi connectivity index (χ1v) is 6.95. The number of halogens is 2. The predicted octanol–water partition coefficient (Wildman–Crippen LogP) is 2.92. The predicted molar refractivity (Wildman–Crippen MR) is 75.0 cm³/mol. The highest BCUT2D eigenvalue weighted by Gasteiger charge is 2.38. The first-order valence-electron chi connectivity index (χ1n) is 6.15. The Kier molecular flexibility index (Phi) is 4.27. The number of benzene rings is 1. The fourth-order valence-corrected chi connectivity index (χ4v) is 2.68. The van der Waals surface area contributed by atoms with Crippen LogP contribution in [0.3, 0.4) is 0 Å². The number of likely N-dealkylation sites (tertiary alicyclic amines) is 1. The van der Waals surface area contributed by atoms with Gasteiger partial charge >= 0.3 is 12.0 Å². The smallest absolute Gasteiger partial charge is 0.322 e. The molecule has 108 valence electrons. The maximum atomic E-state index is 13.2. The van der Waals surface area contributed by atoms with Crippen LogP contribution in [-0.4, -0.2) is 34.6 Å². The Morgan fingerprint density at radius 1 is 1.50 bits per heavy atom. The monoisotopic (exact) mass is 344 g/mol. The van der Waals surface area contributed by atoms with Crippen molar-refractivity contribution in [1.29, 1.82) is 0 Å². The number of nitrogens with one attached hydrogen (secondary N) is 1. The average molecular weight is 345 g/mol. The second-order valence-corrected chi connectivity index (χ2v) is 5.58. The highest BCUT2D eigenvalue weighted by atomic mass is 79.9. The first kappa shape index (κ1) is 14.8. The zero-order chi connectivity index (χ0) is 14.9. The largest absolute Gasteiger partial charge is 0.481 e. The summed E-state index contributed by atoms with van der Waals surface area (Å²) in [6.07, 6.45) is 0.425. The van der Waals surface area contributed by atoms with Crippen LogP contribution in [0.4, 0.5) is 14.9 Å². The molecule has 2 atom stereocenters. The minimum Gasteiger partial charge on any atom is -0.481 e. The second kappa shape index (κ2) is 5.78. The Bertz CT molecular complexity index is 552. The number of nitrogens with zero attached hydrogens (tertiary/aromatic N) is 1. The topological polar surface area (TPSA) is 69.6 Å². The van der Waals surface area contributed by atoms with Crippen molar-refractivity contribution < 1.29 is 19.1 Å². The van der Waals surface area contributed by atoms with E-state index >= 15 is 0 Å². The van der Waals surface area contributed by atoms with Crippen molar-refractivity contribution in [2.24, 2.45) is 5.92 Å². The van der Waals surface area contributed by atoms with Gasteiger partial charge in [-0.05, 0) is 47.5 Å². The molecule has 0 saturated carbocycles. The SMILES string of the molecule is CC1C(C(=O)O)CCN1C(=O)Nc1cc(F)ccc1Br. The van der Waals surface area contributed by atoms with E-state index < -0.39 is 23.7 Å². The van der Waals surface area contributed by atoms with E-state index in [9.17, 15) is 14.0 Å². The molecular weight excluding hydrogens is 331 g/mol. The van der Waals surface area contributed by atoms with Crippen molar-refractivity contribution in [3.8, 4) is 0 Å². The highest BCUT2D eigenvalue weighted by molar-refractivity contribution is 9.10. The molecule has 1 aromatic rings. The van der Waals surface area contributed by atoms with E-state index in [1.165, 1.54) is 23.1 Å². The Hall–Kier alpha value is -1.63. The number of amides is 2. The lowest BCUT2D eigenvalue weighted by molar-refractivity contribution is -0.142. The lowest BCUT2D eigenvalue weighted by atomic mass is 10.0. The molecule has 1 aliphatic heterocycles. The number of hydrogen-bond donors (Lipinski definition) is 2. The third-order valence-corrected chi connectivity index (χ3v) is 4.19. The molecule has 1 aliphatic rings. The molecular formula is C13H14BrFN2O3. The van der Waals surface area contributed by atoms with Gasteiger partial charge in [0.05, 0.1) is 11.6 Å². The van der Waals surface area contributed by atoms with Crippen molar-refractivity contribution in [1.82, 2.24) is 4.90 Å². The van der Waals surface area contributed by atoms with E-state index in [0.717, 1.165) is 0 Å². The van der Waals surface area contributed by atoms with E-state index in [-0.39, 0.29) is 6.04 Å². The molecule has 1 fully saturated rings. The Labute approximate surface area is 123 Å². The molecule has 2 rings (SSSR count). The van der Waals surface area contributed by atoms with Gasteiger partial charge in [-0.25, -0.2) is 9.18 Å². The number of carbonyl (C=O) groups excluding carboxylic acids is 1. The summed E-state index contributed by atoms with van der Waals surface area (Å²) in [7, 11) is 0. The normalized spacial score (nSPS) is 21.9. The van der Waals surface area contributed by atoms with Crippen LogP contribution in [0.2, 0.25) is 0 Å². The number of urea groups is 1. The number of hydrogen-bond acceptors (Lipinski definition) is 2. The Morgan fingerprint density at radius 2 is 2.20 bits per heavy atom. The minimum atomic E-state index is -0.903. The summed E-state index contributed by atoms with van der Waals surface area (Å²) < 4.78 is 13.7. The van der Waals surface area contributed by atoms with E-state index in [2.05, 4.69) is 21.2 Å². The maximum Gasteiger partial charge on any atom is 0.322 e. The van der Waals surface area contributed by atoms with Gasteiger partial charge in [-0.2, -0.15) is 0 Å². The summed E-state index contributed by atoms with van der Waals surface area (Å²) in [5, 5.41) is 11.6. The van der Waals surface area contributed by atoms with Crippen LogP contribution < -0.4 is 5.32 Å². The molecule has 1 heterocycles. The summed E-state index contributed by atoms with van der Waals surface area (Å²) in [5.41, 5.74) is 0.320. The summed E-state index contributed by atoms with van der Waals surface area (Å²) >= 11 is 3.22. The standard InChI is InChI=1S/C13H14BrFN2O3/c1-7-9(12(18)19)4-5-17(7)13(20)16-11-6-8(15)2-3-10(11)14/h2-3,6-7,9H,4-5H2,1H3,(H,16,20)(H,18,19). The number of anilines is 1. The molecule has 1 aromatic carbocycles. The summed E-state index contributed by atoms with van der Waals surface area (Å²) in [6, 6.07) is 3.17. The first-order chi connectivity index (χ1) is 9.40. The van der Waals surface area contributed by atoms with Gasteiger partial charge in [0.15, 0.2) is 0 Å². The quantitative estimate of drug-likeness (QED) is 0.866. The Morgan fingerprint density at radius 3 is 2.80 bits per heavy atom. The van der Waals surface area contributed by atoms with Crippen molar-refractivity contribution in [3.05, 3.63) is 28.5 Å². The molecule has 0 bridgehead atoms. The summed E-state index contributed by atoms with van der Waals surface area (Å²) in [5.74, 6) is -1.92. The van der Waals surface area contributed by atoms with Gasteiger partial charge in [-0.3, -0.25) is 4.79 Å². The van der Waals surface area contributed by atoms with Crippen LogP contribution in [0.1, 0.15) is 13.3 Å². The van der Waals surface area contributed by atoms with E-state index in [1.54, 1.807) is 6.92 Å². The van der Waals surface area contributed by atoms with Crippen LogP contribution in [-0.2, 0) is 4.79 Å². The van der Waals surface area contributed by atoms with Gasteiger partial charge in [0, 0.05) is 17.1 Å². The van der Waals surface area contributed by atoms with Crippen molar-refractivity contribution in [3.63, 3.8) is 0 Å². The lowest BCUT2D eigenvalue weighted by Gasteiger charge is -2.23. The van der Waals surface area contributed by atoms with Crippen LogP contribution >= 0.6 is 15.9 Å². The molecule has 0 aliphatic carbocycles. The molecule has 1 saturated heterocycles. The van der Waals surface area contributed by atoms with Gasteiger partial charge in [0.2, 0.25) is 0 Å². The fourth-order valence-electron chi connectivity index (χ4n) is 2.34. The lowest BCUT2D eigenvalue weighted by Crippen LogP contribution is -2.40. The summed E-state index contributed by atoms with van der Waals surface area (Å²) in [4.78, 5) is 24.6. The number of carboxylic acids is 1. The summed E-state index contributed by atoms with van der Waals surface area (Å²) in [6.45, 7) is 2.07. The average Bonchev–Trinajstić information content (AvgIpc) is 2.76. The number of carboxylic acid groups (broad SMARTS) is 1. The fraction of sp³-hybridized carbons (Fsp3) is 0.385. The van der Waals surface area contributed by atoms with E-state index in [4.69, 9.17) is 5.11 Å². The van der Waals surface area contributed by atoms with Gasteiger partial charge in [-0.1, -0.05) is 0 Å². The molecule has 7 heteroatoms. The third-order valence-electron chi connectivity index (χ3n) is 3.50. The zero-order valence-electron chi connectivity index (χ0n) is 10.8. The molecule has 20 heavy (non-hydrogen) atoms. The van der Waals surface area contributed by atoms with Crippen LogP contribution in [0.5, 0.6) is 0 Å².